The van der Waals surface area contributed by atoms with Crippen molar-refractivity contribution in [1.29, 1.82) is 0 Å². The first kappa shape index (κ1) is 18.4. The van der Waals surface area contributed by atoms with E-state index in [1.54, 1.807) is 10.8 Å². The third kappa shape index (κ3) is 4.93. The maximum atomic E-state index is 12.1. The first-order valence-corrected chi connectivity index (χ1v) is 6.57. The Hall–Kier alpha value is -2.67. The number of amides is 1. The van der Waals surface area contributed by atoms with E-state index in [0.717, 1.165) is 5.56 Å². The van der Waals surface area contributed by atoms with Gasteiger partial charge in [0.1, 0.15) is 5.75 Å². The van der Waals surface area contributed by atoms with Crippen LogP contribution in [0.1, 0.15) is 5.56 Å². The Morgan fingerprint density at radius 2 is 2.13 bits per heavy atom. The number of carbonyl (C=O) groups is 1. The third-order valence-electron chi connectivity index (χ3n) is 3.00. The summed E-state index contributed by atoms with van der Waals surface area (Å²) in [6.07, 6.45) is 3.65. The second kappa shape index (κ2) is 8.09. The lowest BCUT2D eigenvalue weighted by Gasteiger charge is -2.08. The highest BCUT2D eigenvalue weighted by Gasteiger charge is 2.15. The van der Waals surface area contributed by atoms with Crippen LogP contribution in [0.4, 0.5) is 11.4 Å². The standard InChI is InChI=1S/C15H15N3O4.ClH/c1-11-4-3-7-17(9-11)10-15(19)16-13-6-5-12(18(20)21)8-14(13)22-2;/h3-9H,10H2,1-2H3;1H. The quantitative estimate of drug-likeness (QED) is 0.424. The number of halogens is 1. The van der Waals surface area contributed by atoms with Crippen molar-refractivity contribution in [1.82, 2.24) is 0 Å². The average molecular weight is 338 g/mol. The van der Waals surface area contributed by atoms with Gasteiger partial charge in [0.2, 0.25) is 6.54 Å². The van der Waals surface area contributed by atoms with Crippen LogP contribution in [-0.4, -0.2) is 17.9 Å². The van der Waals surface area contributed by atoms with Gasteiger partial charge in [-0.05, 0) is 19.1 Å². The van der Waals surface area contributed by atoms with Gasteiger partial charge < -0.3 is 22.5 Å². The molecule has 0 unspecified atom stereocenters. The Balaban J connectivity index is 0.00000264. The minimum Gasteiger partial charge on any atom is -1.00 e. The lowest BCUT2D eigenvalue weighted by molar-refractivity contribution is -0.684. The maximum Gasteiger partial charge on any atom is 0.290 e. The first-order valence-electron chi connectivity index (χ1n) is 6.57. The van der Waals surface area contributed by atoms with E-state index in [1.165, 1.54) is 25.3 Å². The summed E-state index contributed by atoms with van der Waals surface area (Å²) in [5, 5.41) is 13.4. The van der Waals surface area contributed by atoms with Crippen LogP contribution in [0.2, 0.25) is 0 Å². The van der Waals surface area contributed by atoms with Crippen molar-refractivity contribution in [2.24, 2.45) is 0 Å². The largest absolute Gasteiger partial charge is 1.00 e. The molecular formula is C15H16ClN3O4. The molecule has 1 aromatic heterocycles. The smallest absolute Gasteiger partial charge is 0.290 e. The number of aromatic nitrogens is 1. The summed E-state index contributed by atoms with van der Waals surface area (Å²) < 4.78 is 6.83. The molecule has 2 rings (SSSR count). The minimum atomic E-state index is -0.517. The van der Waals surface area contributed by atoms with Crippen LogP contribution >= 0.6 is 0 Å². The molecule has 0 radical (unpaired) electrons. The number of methoxy groups -OCH3 is 1. The number of nitrogens with zero attached hydrogens (tertiary/aromatic N) is 2. The van der Waals surface area contributed by atoms with Gasteiger partial charge in [0.25, 0.3) is 11.6 Å². The average Bonchev–Trinajstić information content (AvgIpc) is 2.47. The van der Waals surface area contributed by atoms with Crippen molar-refractivity contribution < 1.29 is 31.4 Å². The van der Waals surface area contributed by atoms with Crippen molar-refractivity contribution >= 4 is 17.3 Å². The maximum absolute atomic E-state index is 12.1. The van der Waals surface area contributed by atoms with E-state index in [0.29, 0.717) is 5.69 Å². The molecule has 1 amide bonds. The van der Waals surface area contributed by atoms with Gasteiger partial charge in [-0.15, -0.1) is 0 Å². The number of carbonyl (C=O) groups excluding carboxylic acids is 1. The monoisotopic (exact) mass is 337 g/mol. The molecule has 0 saturated heterocycles. The van der Waals surface area contributed by atoms with Crippen LogP contribution in [0.5, 0.6) is 5.75 Å². The number of ether oxygens (including phenoxy) is 1. The molecule has 0 saturated carbocycles. The number of non-ortho nitro benzene ring substituents is 1. The molecule has 23 heavy (non-hydrogen) atoms. The van der Waals surface area contributed by atoms with Crippen LogP contribution in [0.25, 0.3) is 0 Å². The number of benzene rings is 1. The lowest BCUT2D eigenvalue weighted by atomic mass is 10.2. The number of pyridine rings is 1. The lowest BCUT2D eigenvalue weighted by Crippen LogP contribution is -3.00. The number of nitrogens with one attached hydrogen (secondary N) is 1. The predicted octanol–water partition coefficient (Wildman–Crippen LogP) is -1.16. The molecule has 122 valence electrons. The normalized spacial score (nSPS) is 9.65. The van der Waals surface area contributed by atoms with Gasteiger partial charge in [0.15, 0.2) is 12.4 Å². The van der Waals surface area contributed by atoms with E-state index in [4.69, 9.17) is 4.74 Å². The number of anilines is 1. The molecule has 0 bridgehead atoms. The second-order valence-corrected chi connectivity index (χ2v) is 4.74. The number of hydrogen-bond acceptors (Lipinski definition) is 4. The molecule has 8 heteroatoms. The van der Waals surface area contributed by atoms with Gasteiger partial charge in [-0.1, -0.05) is 0 Å². The number of nitro benzene ring substituents is 1. The molecule has 0 aliphatic heterocycles. The molecule has 0 spiro atoms. The molecule has 0 aliphatic carbocycles. The predicted molar refractivity (Wildman–Crippen MR) is 79.7 cm³/mol. The fourth-order valence-corrected chi connectivity index (χ4v) is 2.00. The van der Waals surface area contributed by atoms with Crippen molar-refractivity contribution in [2.45, 2.75) is 13.5 Å². The van der Waals surface area contributed by atoms with Crippen LogP contribution in [0.15, 0.2) is 42.7 Å². The highest BCUT2D eigenvalue weighted by atomic mass is 35.5. The molecule has 1 heterocycles. The van der Waals surface area contributed by atoms with E-state index in [-0.39, 0.29) is 36.3 Å². The molecule has 1 N–H and O–H groups in total. The van der Waals surface area contributed by atoms with Gasteiger partial charge in [0, 0.05) is 17.7 Å². The van der Waals surface area contributed by atoms with Crippen molar-refractivity contribution in [3.8, 4) is 5.75 Å². The number of nitro groups is 1. The van der Waals surface area contributed by atoms with Crippen LogP contribution < -0.4 is 27.0 Å². The summed E-state index contributed by atoms with van der Waals surface area (Å²) in [6.45, 7) is 2.08. The number of aryl methyl sites for hydroxylation is 1. The van der Waals surface area contributed by atoms with Gasteiger partial charge >= 0.3 is 0 Å². The number of rotatable bonds is 5. The van der Waals surface area contributed by atoms with E-state index < -0.39 is 4.92 Å². The molecule has 0 atom stereocenters. The van der Waals surface area contributed by atoms with Crippen LogP contribution in [0, 0.1) is 17.0 Å². The summed E-state index contributed by atoms with van der Waals surface area (Å²) in [4.78, 5) is 22.3. The van der Waals surface area contributed by atoms with Crippen molar-refractivity contribution in [3.63, 3.8) is 0 Å². The molecular weight excluding hydrogens is 322 g/mol. The molecule has 0 aliphatic rings. The van der Waals surface area contributed by atoms with Gasteiger partial charge in [-0.2, -0.15) is 4.57 Å². The van der Waals surface area contributed by atoms with E-state index in [1.807, 2.05) is 25.3 Å². The Bertz CT molecular complexity index is 722. The Morgan fingerprint density at radius 1 is 1.39 bits per heavy atom. The summed E-state index contributed by atoms with van der Waals surface area (Å²) in [6, 6.07) is 7.84. The summed E-state index contributed by atoms with van der Waals surface area (Å²) in [5.74, 6) is -0.000421. The van der Waals surface area contributed by atoms with E-state index in [2.05, 4.69) is 5.32 Å². The van der Waals surface area contributed by atoms with E-state index >= 15 is 0 Å². The highest BCUT2D eigenvalue weighted by Crippen LogP contribution is 2.28. The fraction of sp³-hybridized carbons (Fsp3) is 0.200. The Kier molecular flexibility index (Phi) is 6.47. The SMILES string of the molecule is COc1cc([N+](=O)[O-])ccc1NC(=O)C[n+]1cccc(C)c1.[Cl-]. The zero-order valence-electron chi connectivity index (χ0n) is 12.7. The third-order valence-corrected chi connectivity index (χ3v) is 3.00. The zero-order valence-corrected chi connectivity index (χ0v) is 13.4. The van der Waals surface area contributed by atoms with Gasteiger partial charge in [-0.3, -0.25) is 14.9 Å². The van der Waals surface area contributed by atoms with Crippen molar-refractivity contribution in [2.75, 3.05) is 12.4 Å². The van der Waals surface area contributed by atoms with Gasteiger partial charge in [-0.25, -0.2) is 0 Å². The zero-order chi connectivity index (χ0) is 16.1. The molecule has 7 nitrogen and oxygen atoms in total. The summed E-state index contributed by atoms with van der Waals surface area (Å²) in [5.41, 5.74) is 1.34. The van der Waals surface area contributed by atoms with Crippen LogP contribution in [0.3, 0.4) is 0 Å². The van der Waals surface area contributed by atoms with Gasteiger partial charge in [0.05, 0.1) is 23.8 Å². The highest BCUT2D eigenvalue weighted by molar-refractivity contribution is 5.91. The topological polar surface area (TPSA) is 85.3 Å². The second-order valence-electron chi connectivity index (χ2n) is 4.74. The minimum absolute atomic E-state index is 0. The van der Waals surface area contributed by atoms with Crippen LogP contribution in [-0.2, 0) is 11.3 Å². The summed E-state index contributed by atoms with van der Waals surface area (Å²) >= 11 is 0. The Labute approximate surface area is 139 Å². The Morgan fingerprint density at radius 3 is 2.74 bits per heavy atom. The first-order chi connectivity index (χ1) is 10.5. The number of hydrogen-bond donors (Lipinski definition) is 1. The van der Waals surface area contributed by atoms with E-state index in [9.17, 15) is 14.9 Å². The summed E-state index contributed by atoms with van der Waals surface area (Å²) in [7, 11) is 1.39. The van der Waals surface area contributed by atoms with Crippen molar-refractivity contribution in [3.05, 3.63) is 58.4 Å². The fourth-order valence-electron chi connectivity index (χ4n) is 2.00. The molecule has 2 aromatic rings. The molecule has 1 aromatic carbocycles. The molecule has 0 fully saturated rings.